The van der Waals surface area contributed by atoms with Gasteiger partial charge in [-0.05, 0) is 47.2 Å². The van der Waals surface area contributed by atoms with E-state index in [1.165, 1.54) is 11.8 Å². The highest BCUT2D eigenvalue weighted by molar-refractivity contribution is 7.98. The molecule has 0 saturated heterocycles. The molecule has 0 unspecified atom stereocenters. The van der Waals surface area contributed by atoms with E-state index in [0.29, 0.717) is 10.9 Å². The van der Waals surface area contributed by atoms with Gasteiger partial charge in [0.25, 0.3) is 0 Å². The molecule has 0 atom stereocenters. The topological polar surface area (TPSA) is 65.7 Å². The lowest BCUT2D eigenvalue weighted by Crippen LogP contribution is -2.02. The van der Waals surface area contributed by atoms with Crippen molar-refractivity contribution < 1.29 is 4.74 Å². The SMILES string of the molecule is COc1ccc(C)cc1-n1nnnc1SCc1csc(-c2ccc(Cl)cc2)n1. The van der Waals surface area contributed by atoms with E-state index < -0.39 is 0 Å². The summed E-state index contributed by atoms with van der Waals surface area (Å²) in [5.41, 5.74) is 3.95. The molecule has 0 aliphatic rings. The second kappa shape index (κ2) is 8.30. The van der Waals surface area contributed by atoms with Crippen LogP contribution in [-0.2, 0) is 5.75 Å². The lowest BCUT2D eigenvalue weighted by molar-refractivity contribution is 0.410. The average Bonchev–Trinajstić information content (AvgIpc) is 3.36. The number of tetrazole rings is 1. The van der Waals surface area contributed by atoms with Crippen LogP contribution in [0.4, 0.5) is 0 Å². The number of thiazole rings is 1. The van der Waals surface area contributed by atoms with E-state index in [4.69, 9.17) is 21.3 Å². The fourth-order valence-electron chi connectivity index (χ4n) is 2.62. The second-order valence-corrected chi connectivity index (χ2v) is 8.23. The summed E-state index contributed by atoms with van der Waals surface area (Å²) in [5.74, 6) is 1.39. The minimum atomic E-state index is 0.665. The largest absolute Gasteiger partial charge is 0.494 e. The number of aryl methyl sites for hydroxylation is 1. The molecule has 28 heavy (non-hydrogen) atoms. The van der Waals surface area contributed by atoms with Gasteiger partial charge in [-0.1, -0.05) is 41.6 Å². The molecule has 4 rings (SSSR count). The smallest absolute Gasteiger partial charge is 0.214 e. The highest BCUT2D eigenvalue weighted by atomic mass is 35.5. The molecular formula is C19H16ClN5OS2. The van der Waals surface area contributed by atoms with E-state index in [1.807, 2.05) is 49.4 Å². The van der Waals surface area contributed by atoms with E-state index in [-0.39, 0.29) is 0 Å². The molecule has 0 fully saturated rings. The molecule has 6 nitrogen and oxygen atoms in total. The number of benzene rings is 2. The predicted octanol–water partition coefficient (Wildman–Crippen LogP) is 5.05. The van der Waals surface area contributed by atoms with Gasteiger partial charge in [0, 0.05) is 21.7 Å². The summed E-state index contributed by atoms with van der Waals surface area (Å²) in [4.78, 5) is 4.71. The van der Waals surface area contributed by atoms with Crippen LogP contribution in [0.3, 0.4) is 0 Å². The Kier molecular flexibility index (Phi) is 5.61. The summed E-state index contributed by atoms with van der Waals surface area (Å²) in [5, 5.41) is 16.5. The fraction of sp³-hybridized carbons (Fsp3) is 0.158. The van der Waals surface area contributed by atoms with Crippen molar-refractivity contribution in [2.75, 3.05) is 7.11 Å². The van der Waals surface area contributed by atoms with Crippen molar-refractivity contribution in [3.63, 3.8) is 0 Å². The van der Waals surface area contributed by atoms with Crippen LogP contribution in [0, 0.1) is 6.92 Å². The summed E-state index contributed by atoms with van der Waals surface area (Å²) in [6.45, 7) is 2.02. The number of nitrogens with zero attached hydrogens (tertiary/aromatic N) is 5. The maximum atomic E-state index is 5.96. The van der Waals surface area contributed by atoms with Gasteiger partial charge in [0.1, 0.15) is 16.4 Å². The first-order valence-corrected chi connectivity index (χ1v) is 10.6. The zero-order valence-electron chi connectivity index (χ0n) is 15.2. The molecular weight excluding hydrogens is 414 g/mol. The molecule has 142 valence electrons. The standard InChI is InChI=1S/C19H16ClN5OS2/c1-12-3-8-17(26-2)16(9-12)25-19(22-23-24-25)28-11-15-10-27-18(21-15)13-4-6-14(20)7-5-13/h3-10H,11H2,1-2H3. The van der Waals surface area contributed by atoms with Gasteiger partial charge < -0.3 is 4.74 Å². The van der Waals surface area contributed by atoms with Crippen molar-refractivity contribution in [3.8, 4) is 22.0 Å². The molecule has 4 aromatic rings. The van der Waals surface area contributed by atoms with E-state index in [1.54, 1.807) is 23.1 Å². The van der Waals surface area contributed by atoms with Gasteiger partial charge >= 0.3 is 0 Å². The molecule has 2 aromatic carbocycles. The Morgan fingerprint density at radius 2 is 2.00 bits per heavy atom. The summed E-state index contributed by atoms with van der Waals surface area (Å²) < 4.78 is 7.15. The molecule has 0 aliphatic heterocycles. The van der Waals surface area contributed by atoms with Crippen LogP contribution in [0.2, 0.25) is 5.02 Å². The predicted molar refractivity (Wildman–Crippen MR) is 113 cm³/mol. The molecule has 0 aliphatic carbocycles. The third-order valence-electron chi connectivity index (χ3n) is 4.00. The minimum absolute atomic E-state index is 0.665. The van der Waals surface area contributed by atoms with Gasteiger partial charge in [-0.25, -0.2) is 4.98 Å². The van der Waals surface area contributed by atoms with E-state index in [0.717, 1.165) is 38.3 Å². The Hall–Kier alpha value is -2.42. The number of ether oxygens (including phenoxy) is 1. The van der Waals surface area contributed by atoms with Crippen LogP contribution in [-0.4, -0.2) is 32.3 Å². The van der Waals surface area contributed by atoms with Crippen molar-refractivity contribution in [2.45, 2.75) is 17.8 Å². The fourth-order valence-corrected chi connectivity index (χ4v) is 4.46. The van der Waals surface area contributed by atoms with Gasteiger partial charge in [0.05, 0.1) is 12.8 Å². The Balaban J connectivity index is 1.52. The van der Waals surface area contributed by atoms with Crippen LogP contribution in [0.25, 0.3) is 16.3 Å². The maximum absolute atomic E-state index is 5.96. The zero-order chi connectivity index (χ0) is 19.5. The number of methoxy groups -OCH3 is 1. The lowest BCUT2D eigenvalue weighted by Gasteiger charge is -2.10. The van der Waals surface area contributed by atoms with Gasteiger partial charge in [-0.15, -0.1) is 16.4 Å². The number of halogens is 1. The van der Waals surface area contributed by atoms with Crippen LogP contribution < -0.4 is 4.74 Å². The molecule has 0 spiro atoms. The third kappa shape index (κ3) is 4.04. The minimum Gasteiger partial charge on any atom is -0.494 e. The molecule has 0 bridgehead atoms. The molecule has 9 heteroatoms. The van der Waals surface area contributed by atoms with Crippen molar-refractivity contribution in [1.82, 2.24) is 25.2 Å². The molecule has 0 N–H and O–H groups in total. The molecule has 0 amide bonds. The van der Waals surface area contributed by atoms with Crippen LogP contribution in [0.1, 0.15) is 11.3 Å². The van der Waals surface area contributed by atoms with E-state index in [9.17, 15) is 0 Å². The van der Waals surface area contributed by atoms with E-state index in [2.05, 4.69) is 20.9 Å². The summed E-state index contributed by atoms with van der Waals surface area (Å²) in [6, 6.07) is 13.6. The third-order valence-corrected chi connectivity index (χ3v) is 6.14. The van der Waals surface area contributed by atoms with Gasteiger partial charge in [-0.2, -0.15) is 4.68 Å². The number of thioether (sulfide) groups is 1. The molecule has 0 saturated carbocycles. The Morgan fingerprint density at radius 1 is 1.18 bits per heavy atom. The van der Waals surface area contributed by atoms with E-state index >= 15 is 0 Å². The Bertz CT molecular complexity index is 1090. The molecule has 2 aromatic heterocycles. The Morgan fingerprint density at radius 3 is 2.79 bits per heavy atom. The summed E-state index contributed by atoms with van der Waals surface area (Å²) in [7, 11) is 1.64. The average molecular weight is 430 g/mol. The van der Waals surface area contributed by atoms with Crippen LogP contribution in [0.5, 0.6) is 5.75 Å². The zero-order valence-corrected chi connectivity index (χ0v) is 17.6. The van der Waals surface area contributed by atoms with Crippen molar-refractivity contribution in [2.24, 2.45) is 0 Å². The lowest BCUT2D eigenvalue weighted by atomic mass is 10.2. The first kappa shape index (κ1) is 18.9. The van der Waals surface area contributed by atoms with Crippen LogP contribution >= 0.6 is 34.7 Å². The van der Waals surface area contributed by atoms with Gasteiger partial charge in [0.15, 0.2) is 0 Å². The summed E-state index contributed by atoms with van der Waals surface area (Å²) in [6.07, 6.45) is 0. The molecule has 2 heterocycles. The quantitative estimate of drug-likeness (QED) is 0.399. The maximum Gasteiger partial charge on any atom is 0.214 e. The van der Waals surface area contributed by atoms with Crippen molar-refractivity contribution in [1.29, 1.82) is 0 Å². The normalized spacial score (nSPS) is 11.0. The highest BCUT2D eigenvalue weighted by Crippen LogP contribution is 2.30. The first-order valence-electron chi connectivity index (χ1n) is 8.40. The highest BCUT2D eigenvalue weighted by Gasteiger charge is 2.15. The first-order chi connectivity index (χ1) is 13.6. The number of hydrogen-bond donors (Lipinski definition) is 0. The monoisotopic (exact) mass is 429 g/mol. The van der Waals surface area contributed by atoms with Gasteiger partial charge in [-0.3, -0.25) is 0 Å². The second-order valence-electron chi connectivity index (χ2n) is 5.99. The number of rotatable bonds is 6. The molecule has 0 radical (unpaired) electrons. The summed E-state index contributed by atoms with van der Waals surface area (Å²) >= 11 is 9.10. The van der Waals surface area contributed by atoms with Crippen molar-refractivity contribution >= 4 is 34.7 Å². The number of hydrogen-bond acceptors (Lipinski definition) is 7. The Labute approximate surface area is 175 Å². The van der Waals surface area contributed by atoms with Crippen LogP contribution in [0.15, 0.2) is 53.0 Å². The van der Waals surface area contributed by atoms with Gasteiger partial charge in [0.2, 0.25) is 5.16 Å². The van der Waals surface area contributed by atoms with Crippen molar-refractivity contribution in [3.05, 3.63) is 64.1 Å². The number of aromatic nitrogens is 5.